The lowest BCUT2D eigenvalue weighted by Gasteiger charge is -2.28. The van der Waals surface area contributed by atoms with E-state index in [2.05, 4.69) is 48.2 Å². The van der Waals surface area contributed by atoms with Crippen molar-refractivity contribution < 1.29 is 0 Å². The molecule has 2 aromatic heterocycles. The van der Waals surface area contributed by atoms with E-state index < -0.39 is 0 Å². The van der Waals surface area contributed by atoms with Crippen molar-refractivity contribution in [1.29, 1.82) is 0 Å². The summed E-state index contributed by atoms with van der Waals surface area (Å²) in [6, 6.07) is 6.00. The fourth-order valence-electron chi connectivity index (χ4n) is 2.34. The Morgan fingerprint density at radius 3 is 2.68 bits per heavy atom. The molecule has 0 atom stereocenters. The molecule has 5 nitrogen and oxygen atoms in total. The number of rotatable bonds is 5. The highest BCUT2D eigenvalue weighted by molar-refractivity contribution is 5.44. The van der Waals surface area contributed by atoms with Crippen LogP contribution in [0.1, 0.15) is 19.5 Å². The van der Waals surface area contributed by atoms with E-state index in [9.17, 15) is 0 Å². The molecule has 0 aliphatic heterocycles. The molecule has 0 bridgehead atoms. The van der Waals surface area contributed by atoms with E-state index in [1.165, 1.54) is 0 Å². The SMILES string of the molecule is Cc1cccc2nc(NCC(C)(C)CN(C)C)nn12. The van der Waals surface area contributed by atoms with Crippen molar-refractivity contribution >= 4 is 11.6 Å². The number of pyridine rings is 1. The number of anilines is 1. The van der Waals surface area contributed by atoms with Crippen molar-refractivity contribution in [3.05, 3.63) is 23.9 Å². The summed E-state index contributed by atoms with van der Waals surface area (Å²) in [4.78, 5) is 6.68. The summed E-state index contributed by atoms with van der Waals surface area (Å²) < 4.78 is 1.86. The van der Waals surface area contributed by atoms with Crippen molar-refractivity contribution in [3.8, 4) is 0 Å². The van der Waals surface area contributed by atoms with Gasteiger partial charge in [0.2, 0.25) is 5.95 Å². The Hall–Kier alpha value is -1.62. The van der Waals surface area contributed by atoms with Gasteiger partial charge in [-0.15, -0.1) is 5.10 Å². The van der Waals surface area contributed by atoms with Crippen molar-refractivity contribution in [2.75, 3.05) is 32.5 Å². The van der Waals surface area contributed by atoms with Gasteiger partial charge in [-0.25, -0.2) is 4.52 Å². The first-order valence-corrected chi connectivity index (χ1v) is 6.58. The maximum Gasteiger partial charge on any atom is 0.243 e. The van der Waals surface area contributed by atoms with Gasteiger partial charge in [0.25, 0.3) is 0 Å². The predicted molar refractivity (Wildman–Crippen MR) is 78.5 cm³/mol. The van der Waals surface area contributed by atoms with E-state index in [-0.39, 0.29) is 5.41 Å². The fourth-order valence-corrected chi connectivity index (χ4v) is 2.34. The van der Waals surface area contributed by atoms with Crippen LogP contribution in [0.3, 0.4) is 0 Å². The number of nitrogens with one attached hydrogen (secondary N) is 1. The van der Waals surface area contributed by atoms with Gasteiger partial charge >= 0.3 is 0 Å². The van der Waals surface area contributed by atoms with Gasteiger partial charge in [-0.2, -0.15) is 4.98 Å². The molecule has 0 aliphatic carbocycles. The van der Waals surface area contributed by atoms with Crippen LogP contribution < -0.4 is 5.32 Å². The van der Waals surface area contributed by atoms with Crippen molar-refractivity contribution in [1.82, 2.24) is 19.5 Å². The third-order valence-electron chi connectivity index (χ3n) is 3.02. The number of nitrogens with zero attached hydrogens (tertiary/aromatic N) is 4. The summed E-state index contributed by atoms with van der Waals surface area (Å²) in [6.45, 7) is 8.37. The van der Waals surface area contributed by atoms with Crippen LogP contribution in [0.4, 0.5) is 5.95 Å². The van der Waals surface area contributed by atoms with Crippen molar-refractivity contribution in [2.24, 2.45) is 5.41 Å². The average Bonchev–Trinajstić information content (AvgIpc) is 2.69. The molecule has 2 heterocycles. The lowest BCUT2D eigenvalue weighted by atomic mass is 9.93. The first-order valence-electron chi connectivity index (χ1n) is 6.58. The zero-order valence-electron chi connectivity index (χ0n) is 12.4. The third kappa shape index (κ3) is 3.44. The summed E-state index contributed by atoms with van der Waals surface area (Å²) in [6.07, 6.45) is 0. The smallest absolute Gasteiger partial charge is 0.243 e. The van der Waals surface area contributed by atoms with E-state index in [0.717, 1.165) is 24.4 Å². The first-order chi connectivity index (χ1) is 8.87. The molecule has 0 unspecified atom stereocenters. The van der Waals surface area contributed by atoms with Crippen LogP contribution in [0.2, 0.25) is 0 Å². The molecule has 104 valence electrons. The quantitative estimate of drug-likeness (QED) is 0.894. The van der Waals surface area contributed by atoms with Gasteiger partial charge in [0.1, 0.15) is 0 Å². The van der Waals surface area contributed by atoms with Gasteiger partial charge < -0.3 is 10.2 Å². The summed E-state index contributed by atoms with van der Waals surface area (Å²) in [5.41, 5.74) is 2.15. The highest BCUT2D eigenvalue weighted by atomic mass is 15.4. The number of hydrogen-bond donors (Lipinski definition) is 1. The molecule has 0 radical (unpaired) electrons. The zero-order valence-corrected chi connectivity index (χ0v) is 12.4. The molecule has 5 heteroatoms. The Kier molecular flexibility index (Phi) is 3.75. The second-order valence-electron chi connectivity index (χ2n) is 6.13. The molecule has 0 amide bonds. The van der Waals surface area contributed by atoms with E-state index in [0.29, 0.717) is 5.95 Å². The Bertz CT molecular complexity index is 556. The fraction of sp³-hybridized carbons (Fsp3) is 0.571. The number of hydrogen-bond acceptors (Lipinski definition) is 4. The van der Waals surface area contributed by atoms with Crippen LogP contribution in [0.25, 0.3) is 5.65 Å². The van der Waals surface area contributed by atoms with E-state index in [4.69, 9.17) is 0 Å². The van der Waals surface area contributed by atoms with E-state index in [1.807, 2.05) is 29.6 Å². The second kappa shape index (κ2) is 5.17. The third-order valence-corrected chi connectivity index (χ3v) is 3.02. The van der Waals surface area contributed by atoms with E-state index >= 15 is 0 Å². The van der Waals surface area contributed by atoms with E-state index in [1.54, 1.807) is 0 Å². The van der Waals surface area contributed by atoms with Gasteiger partial charge in [0.05, 0.1) is 0 Å². The minimum absolute atomic E-state index is 0.177. The summed E-state index contributed by atoms with van der Waals surface area (Å²) in [5, 5.41) is 7.81. The molecule has 0 spiro atoms. The number of fused-ring (bicyclic) bond motifs is 1. The lowest BCUT2D eigenvalue weighted by molar-refractivity contribution is 0.254. The molecule has 0 fully saturated rings. The average molecular weight is 261 g/mol. The van der Waals surface area contributed by atoms with Gasteiger partial charge in [-0.05, 0) is 38.6 Å². The summed E-state index contributed by atoms with van der Waals surface area (Å²) in [5.74, 6) is 0.695. The molecule has 0 saturated carbocycles. The van der Waals surface area contributed by atoms with Gasteiger partial charge in [-0.1, -0.05) is 19.9 Å². The highest BCUT2D eigenvalue weighted by Gasteiger charge is 2.19. The number of aromatic nitrogens is 3. The standard InChI is InChI=1S/C14H23N5/c1-11-7-6-8-12-16-13(17-19(11)12)15-9-14(2,3)10-18(4)5/h6-8H,9-10H2,1-5H3,(H,15,17). The van der Waals surface area contributed by atoms with Gasteiger partial charge in [0, 0.05) is 18.8 Å². The van der Waals surface area contributed by atoms with Crippen molar-refractivity contribution in [3.63, 3.8) is 0 Å². The second-order valence-corrected chi connectivity index (χ2v) is 6.13. The van der Waals surface area contributed by atoms with Crippen LogP contribution in [0, 0.1) is 12.3 Å². The van der Waals surface area contributed by atoms with Gasteiger partial charge in [0.15, 0.2) is 5.65 Å². The molecule has 1 N–H and O–H groups in total. The Balaban J connectivity index is 2.08. The van der Waals surface area contributed by atoms with Crippen molar-refractivity contribution in [2.45, 2.75) is 20.8 Å². The Labute approximate surface area is 114 Å². The largest absolute Gasteiger partial charge is 0.352 e. The molecule has 0 saturated heterocycles. The zero-order chi connectivity index (χ0) is 14.0. The topological polar surface area (TPSA) is 45.5 Å². The minimum atomic E-state index is 0.177. The molecule has 0 aromatic carbocycles. The van der Waals surface area contributed by atoms with Crippen LogP contribution in [0.15, 0.2) is 18.2 Å². The lowest BCUT2D eigenvalue weighted by Crippen LogP contribution is -2.34. The molecular formula is C14H23N5. The first kappa shape index (κ1) is 13.8. The van der Waals surface area contributed by atoms with Gasteiger partial charge in [-0.3, -0.25) is 0 Å². The molecule has 2 rings (SSSR count). The van der Waals surface area contributed by atoms with Crippen LogP contribution in [0.5, 0.6) is 0 Å². The molecule has 2 aromatic rings. The van der Waals surface area contributed by atoms with Crippen LogP contribution in [-0.2, 0) is 0 Å². The van der Waals surface area contributed by atoms with Crippen LogP contribution in [-0.4, -0.2) is 46.7 Å². The monoisotopic (exact) mass is 261 g/mol. The summed E-state index contributed by atoms with van der Waals surface area (Å²) in [7, 11) is 4.18. The predicted octanol–water partition coefficient (Wildman–Crippen LogP) is 2.04. The normalized spacial score (nSPS) is 12.3. The number of aryl methyl sites for hydroxylation is 1. The van der Waals surface area contributed by atoms with Crippen LogP contribution >= 0.6 is 0 Å². The highest BCUT2D eigenvalue weighted by Crippen LogP contribution is 2.17. The molecule has 19 heavy (non-hydrogen) atoms. The molecule has 0 aliphatic rings. The maximum atomic E-state index is 4.48. The Morgan fingerprint density at radius 1 is 1.32 bits per heavy atom. The Morgan fingerprint density at radius 2 is 2.05 bits per heavy atom. The molecular weight excluding hydrogens is 238 g/mol. The minimum Gasteiger partial charge on any atom is -0.352 e. The summed E-state index contributed by atoms with van der Waals surface area (Å²) >= 11 is 0. The maximum absolute atomic E-state index is 4.48.